The van der Waals surface area contributed by atoms with Crippen LogP contribution in [0, 0.1) is 11.3 Å². The molecule has 4 nitrogen and oxygen atoms in total. The Kier molecular flexibility index (Phi) is 2.84. The van der Waals surface area contributed by atoms with Gasteiger partial charge in [-0.2, -0.15) is 5.26 Å². The van der Waals surface area contributed by atoms with E-state index in [0.29, 0.717) is 11.8 Å². The van der Waals surface area contributed by atoms with Crippen molar-refractivity contribution in [2.24, 2.45) is 0 Å². The summed E-state index contributed by atoms with van der Waals surface area (Å²) in [5.41, 5.74) is 1.52. The van der Waals surface area contributed by atoms with Gasteiger partial charge in [0.25, 0.3) is 0 Å². The zero-order valence-electron chi connectivity index (χ0n) is 8.68. The van der Waals surface area contributed by atoms with Crippen LogP contribution in [-0.2, 0) is 4.74 Å². The van der Waals surface area contributed by atoms with E-state index < -0.39 is 0 Å². The molecule has 0 N–H and O–H groups in total. The third-order valence-corrected chi connectivity index (χ3v) is 2.70. The molecule has 1 atom stereocenters. The summed E-state index contributed by atoms with van der Waals surface area (Å²) >= 11 is 0. The number of rotatable bonds is 2. The number of hydrogen-bond acceptors (Lipinski definition) is 4. The molecule has 0 spiro atoms. The van der Waals surface area contributed by atoms with Crippen molar-refractivity contribution in [3.05, 3.63) is 24.0 Å². The van der Waals surface area contributed by atoms with Crippen LogP contribution in [0.25, 0.3) is 0 Å². The van der Waals surface area contributed by atoms with E-state index in [0.717, 1.165) is 25.2 Å². The smallest absolute Gasteiger partial charge is 0.142 e. The summed E-state index contributed by atoms with van der Waals surface area (Å²) in [7, 11) is 1.74. The van der Waals surface area contributed by atoms with Crippen LogP contribution in [0.4, 0.5) is 5.69 Å². The van der Waals surface area contributed by atoms with Crippen molar-refractivity contribution < 1.29 is 4.74 Å². The number of anilines is 1. The molecule has 0 bridgehead atoms. The first-order chi connectivity index (χ1) is 7.33. The fourth-order valence-corrected chi connectivity index (χ4v) is 1.83. The van der Waals surface area contributed by atoms with Crippen molar-refractivity contribution in [3.8, 4) is 6.07 Å². The number of nitriles is 1. The lowest BCUT2D eigenvalue weighted by molar-refractivity contribution is 0.121. The molecule has 2 heterocycles. The summed E-state index contributed by atoms with van der Waals surface area (Å²) in [6.07, 6.45) is 3.03. The first-order valence-electron chi connectivity index (χ1n) is 4.97. The van der Waals surface area contributed by atoms with Gasteiger partial charge in [0.1, 0.15) is 11.8 Å². The Morgan fingerprint density at radius 1 is 1.67 bits per heavy atom. The molecule has 1 aliphatic heterocycles. The molecule has 0 aliphatic carbocycles. The SMILES string of the molecule is COC1CCN(c2ccnc(C#N)c2)C1. The summed E-state index contributed by atoms with van der Waals surface area (Å²) in [4.78, 5) is 6.17. The van der Waals surface area contributed by atoms with Gasteiger partial charge in [-0.15, -0.1) is 0 Å². The van der Waals surface area contributed by atoms with E-state index in [1.807, 2.05) is 18.2 Å². The monoisotopic (exact) mass is 203 g/mol. The maximum atomic E-state index is 8.75. The van der Waals surface area contributed by atoms with Gasteiger partial charge in [-0.1, -0.05) is 0 Å². The maximum absolute atomic E-state index is 8.75. The Bertz CT molecular complexity index is 386. The first kappa shape index (κ1) is 9.94. The second-order valence-electron chi connectivity index (χ2n) is 3.60. The molecule has 15 heavy (non-hydrogen) atoms. The van der Waals surface area contributed by atoms with Crippen LogP contribution in [0.15, 0.2) is 18.3 Å². The van der Waals surface area contributed by atoms with E-state index in [9.17, 15) is 0 Å². The molecule has 1 fully saturated rings. The number of hydrogen-bond donors (Lipinski definition) is 0. The lowest BCUT2D eigenvalue weighted by Gasteiger charge is -2.17. The highest BCUT2D eigenvalue weighted by Crippen LogP contribution is 2.21. The molecule has 0 radical (unpaired) electrons. The van der Waals surface area contributed by atoms with E-state index in [4.69, 9.17) is 10.00 Å². The average Bonchev–Trinajstić information content (AvgIpc) is 2.78. The fraction of sp³-hybridized carbons (Fsp3) is 0.455. The van der Waals surface area contributed by atoms with Crippen molar-refractivity contribution in [2.75, 3.05) is 25.1 Å². The summed E-state index contributed by atoms with van der Waals surface area (Å²) in [6, 6.07) is 5.79. The summed E-state index contributed by atoms with van der Waals surface area (Å²) in [5.74, 6) is 0. The second-order valence-corrected chi connectivity index (χ2v) is 3.60. The van der Waals surface area contributed by atoms with Crippen molar-refractivity contribution >= 4 is 5.69 Å². The van der Waals surface area contributed by atoms with Crippen molar-refractivity contribution in [1.29, 1.82) is 5.26 Å². The second kappa shape index (κ2) is 4.28. The van der Waals surface area contributed by atoms with Crippen LogP contribution in [0.5, 0.6) is 0 Å². The predicted octanol–water partition coefficient (Wildman–Crippen LogP) is 1.18. The van der Waals surface area contributed by atoms with E-state index in [2.05, 4.69) is 9.88 Å². The lowest BCUT2D eigenvalue weighted by atomic mass is 10.3. The van der Waals surface area contributed by atoms with Gasteiger partial charge in [0.2, 0.25) is 0 Å². The zero-order valence-corrected chi connectivity index (χ0v) is 8.68. The third-order valence-electron chi connectivity index (χ3n) is 2.70. The van der Waals surface area contributed by atoms with Crippen LogP contribution < -0.4 is 4.90 Å². The zero-order chi connectivity index (χ0) is 10.7. The van der Waals surface area contributed by atoms with Crippen LogP contribution in [-0.4, -0.2) is 31.3 Å². The minimum atomic E-state index is 0.309. The van der Waals surface area contributed by atoms with E-state index >= 15 is 0 Å². The highest BCUT2D eigenvalue weighted by atomic mass is 16.5. The quantitative estimate of drug-likeness (QED) is 0.724. The normalized spacial score (nSPS) is 20.3. The molecule has 1 unspecified atom stereocenters. The van der Waals surface area contributed by atoms with E-state index in [1.54, 1.807) is 13.3 Å². The molecule has 1 aromatic heterocycles. The van der Waals surface area contributed by atoms with E-state index in [1.165, 1.54) is 0 Å². The average molecular weight is 203 g/mol. The Morgan fingerprint density at radius 2 is 2.53 bits per heavy atom. The van der Waals surface area contributed by atoms with Gasteiger partial charge >= 0.3 is 0 Å². The number of nitrogens with zero attached hydrogens (tertiary/aromatic N) is 3. The highest BCUT2D eigenvalue weighted by molar-refractivity contribution is 5.49. The maximum Gasteiger partial charge on any atom is 0.142 e. The van der Waals surface area contributed by atoms with Crippen molar-refractivity contribution in [1.82, 2.24) is 4.98 Å². The Morgan fingerprint density at radius 3 is 3.20 bits per heavy atom. The first-order valence-corrected chi connectivity index (χ1v) is 4.97. The van der Waals surface area contributed by atoms with Crippen molar-refractivity contribution in [2.45, 2.75) is 12.5 Å². The molecule has 1 aliphatic rings. The van der Waals surface area contributed by atoms with Gasteiger partial charge in [-0.25, -0.2) is 4.98 Å². The molecule has 0 saturated carbocycles. The van der Waals surface area contributed by atoms with Gasteiger partial charge in [0.15, 0.2) is 0 Å². The van der Waals surface area contributed by atoms with Gasteiger partial charge in [0.05, 0.1) is 6.10 Å². The van der Waals surface area contributed by atoms with Gasteiger partial charge in [-0.05, 0) is 18.6 Å². The minimum Gasteiger partial charge on any atom is -0.380 e. The number of ether oxygens (including phenoxy) is 1. The van der Waals surface area contributed by atoms with Crippen LogP contribution in [0.3, 0.4) is 0 Å². The molecule has 78 valence electrons. The Balaban J connectivity index is 2.14. The minimum absolute atomic E-state index is 0.309. The molecular formula is C11H13N3O. The molecule has 2 rings (SSSR count). The standard InChI is InChI=1S/C11H13N3O/c1-15-11-3-5-14(8-11)10-2-4-13-9(6-10)7-12/h2,4,6,11H,3,5,8H2,1H3. The van der Waals surface area contributed by atoms with Gasteiger partial charge in [0, 0.05) is 32.1 Å². The summed E-state index contributed by atoms with van der Waals surface area (Å²) in [6.45, 7) is 1.87. The molecule has 1 saturated heterocycles. The van der Waals surface area contributed by atoms with E-state index in [-0.39, 0.29) is 0 Å². The molecular weight excluding hydrogens is 190 g/mol. The topological polar surface area (TPSA) is 49.1 Å². The lowest BCUT2D eigenvalue weighted by Crippen LogP contribution is -2.22. The van der Waals surface area contributed by atoms with Crippen LogP contribution >= 0.6 is 0 Å². The van der Waals surface area contributed by atoms with Crippen LogP contribution in [0.2, 0.25) is 0 Å². The Labute approximate surface area is 89.1 Å². The Hall–Kier alpha value is -1.60. The van der Waals surface area contributed by atoms with Gasteiger partial charge in [-0.3, -0.25) is 0 Å². The highest BCUT2D eigenvalue weighted by Gasteiger charge is 2.22. The predicted molar refractivity (Wildman–Crippen MR) is 56.6 cm³/mol. The molecule has 4 heteroatoms. The summed E-state index contributed by atoms with van der Waals surface area (Å²) in [5, 5.41) is 8.75. The number of methoxy groups -OCH3 is 1. The molecule has 0 amide bonds. The molecule has 0 aromatic carbocycles. The number of aromatic nitrogens is 1. The fourth-order valence-electron chi connectivity index (χ4n) is 1.83. The molecule has 1 aromatic rings. The largest absolute Gasteiger partial charge is 0.380 e. The number of pyridine rings is 1. The van der Waals surface area contributed by atoms with Gasteiger partial charge < -0.3 is 9.64 Å². The third kappa shape index (κ3) is 2.08. The summed E-state index contributed by atoms with van der Waals surface area (Å²) < 4.78 is 5.30. The van der Waals surface area contributed by atoms with Crippen molar-refractivity contribution in [3.63, 3.8) is 0 Å². The van der Waals surface area contributed by atoms with Crippen LogP contribution in [0.1, 0.15) is 12.1 Å².